The van der Waals surface area contributed by atoms with E-state index >= 15 is 0 Å². The van der Waals surface area contributed by atoms with Crippen molar-refractivity contribution in [1.29, 1.82) is 0 Å². The summed E-state index contributed by atoms with van der Waals surface area (Å²) in [7, 11) is 1.43. The van der Waals surface area contributed by atoms with Crippen LogP contribution in [-0.4, -0.2) is 168 Å². The largest absolute Gasteiger partial charge is 0.497 e. The molecule has 3 heterocycles. The number of ether oxygens (including phenoxy) is 11. The van der Waals surface area contributed by atoms with E-state index in [2.05, 4.69) is 0 Å². The smallest absolute Gasteiger partial charge is 0.338 e. The van der Waals surface area contributed by atoms with Crippen LogP contribution < -0.4 is 4.74 Å². The highest BCUT2D eigenvalue weighted by Crippen LogP contribution is 2.37. The lowest BCUT2D eigenvalue weighted by Gasteiger charge is -2.49. The molecule has 5 N–H and O–H groups in total. The van der Waals surface area contributed by atoms with Gasteiger partial charge in [0.2, 0.25) is 0 Å². The summed E-state index contributed by atoms with van der Waals surface area (Å²) in [6.07, 6.45) is -27.4. The molecular formula is C54H54O21. The molecule has 0 amide bonds. The number of esters is 5. The fraction of sp³-hybridized carbons (Fsp3) is 0.352. The number of aliphatic hydroxyl groups excluding tert-OH is 5. The van der Waals surface area contributed by atoms with Crippen LogP contribution in [-0.2, 0) is 47.4 Å². The minimum absolute atomic E-state index is 0.0219. The van der Waals surface area contributed by atoms with Gasteiger partial charge < -0.3 is 77.6 Å². The maximum absolute atomic E-state index is 14.3. The van der Waals surface area contributed by atoms with Crippen molar-refractivity contribution in [2.24, 2.45) is 0 Å². The lowest BCUT2D eigenvalue weighted by molar-refractivity contribution is -0.374. The second kappa shape index (κ2) is 24.9. The van der Waals surface area contributed by atoms with E-state index < -0.39 is 135 Å². The van der Waals surface area contributed by atoms with E-state index in [1.165, 1.54) is 86.8 Å². The maximum Gasteiger partial charge on any atom is 0.338 e. The van der Waals surface area contributed by atoms with Crippen molar-refractivity contribution in [2.45, 2.75) is 99.0 Å². The third-order valence-electron chi connectivity index (χ3n) is 12.5. The van der Waals surface area contributed by atoms with Gasteiger partial charge in [-0.2, -0.15) is 0 Å². The molecule has 8 rings (SSSR count). The molecule has 0 aliphatic carbocycles. The average molecular weight is 1040 g/mol. The zero-order valence-corrected chi connectivity index (χ0v) is 40.2. The molecule has 3 saturated heterocycles. The molecule has 15 atom stereocenters. The van der Waals surface area contributed by atoms with Gasteiger partial charge in [0.25, 0.3) is 0 Å². The van der Waals surface area contributed by atoms with Gasteiger partial charge in [0.1, 0.15) is 55.1 Å². The van der Waals surface area contributed by atoms with Crippen molar-refractivity contribution >= 4 is 29.8 Å². The molecular weight excluding hydrogens is 985 g/mol. The average Bonchev–Trinajstić information content (AvgIpc) is 3.44. The first-order valence-electron chi connectivity index (χ1n) is 23.7. The Hall–Kier alpha value is -7.15. The van der Waals surface area contributed by atoms with Gasteiger partial charge in [-0.05, 0) is 79.7 Å². The van der Waals surface area contributed by atoms with Gasteiger partial charge in [0.05, 0.1) is 47.6 Å². The maximum atomic E-state index is 14.3. The molecule has 75 heavy (non-hydrogen) atoms. The Labute approximate surface area is 428 Å². The molecule has 3 aliphatic heterocycles. The first kappa shape index (κ1) is 54.1. The van der Waals surface area contributed by atoms with Crippen LogP contribution in [0.5, 0.6) is 5.75 Å². The second-order valence-corrected chi connectivity index (χ2v) is 17.4. The summed E-state index contributed by atoms with van der Waals surface area (Å²) >= 11 is 0. The third-order valence-corrected chi connectivity index (χ3v) is 12.5. The lowest BCUT2D eigenvalue weighted by Crippen LogP contribution is -2.68. The summed E-state index contributed by atoms with van der Waals surface area (Å²) in [5.41, 5.74) is 0.0899. The van der Waals surface area contributed by atoms with Crippen LogP contribution in [0.4, 0.5) is 0 Å². The molecule has 0 spiro atoms. The zero-order chi connectivity index (χ0) is 53.2. The number of aliphatic hydroxyl groups is 5. The number of carbonyl (C=O) groups excluding carboxylic acids is 5. The van der Waals surface area contributed by atoms with Crippen LogP contribution in [0.15, 0.2) is 146 Å². The molecule has 0 saturated carbocycles. The van der Waals surface area contributed by atoms with Crippen molar-refractivity contribution in [1.82, 2.24) is 0 Å². The Balaban J connectivity index is 1.24. The highest BCUT2D eigenvalue weighted by Gasteiger charge is 2.58. The van der Waals surface area contributed by atoms with E-state index in [4.69, 9.17) is 52.1 Å². The monoisotopic (exact) mass is 1040 g/mol. The minimum Gasteiger partial charge on any atom is -0.497 e. The molecule has 0 radical (unpaired) electrons. The molecule has 0 bridgehead atoms. The molecule has 0 aromatic heterocycles. The minimum atomic E-state index is -2.06. The van der Waals surface area contributed by atoms with Gasteiger partial charge in [0, 0.05) is 0 Å². The van der Waals surface area contributed by atoms with Crippen LogP contribution >= 0.6 is 0 Å². The van der Waals surface area contributed by atoms with Crippen LogP contribution in [0.2, 0.25) is 0 Å². The van der Waals surface area contributed by atoms with E-state index in [1.54, 1.807) is 72.8 Å². The van der Waals surface area contributed by atoms with Gasteiger partial charge in [0.15, 0.2) is 43.3 Å². The molecule has 396 valence electrons. The SMILES string of the molecule is COc1ccc(C(=O)OC[C@H]2O[C@@H](O[C@H]3[C@H](OC(=O)c4ccccc4)[C@@H](OC(=O)c4ccccc4)[C@H](O)O[C@@H]3C)[C@H](OC(=O)c3ccccc3)[C@@H](OC(=O)c3ccccc3)[C@H]2O[C@@H]2O[C@H](CO)[C@H](O)[C@@H](O)[C@H]2O)cc1. The number of carbonyl (C=O) groups is 5. The van der Waals surface area contributed by atoms with Crippen molar-refractivity contribution in [3.63, 3.8) is 0 Å². The van der Waals surface area contributed by atoms with Gasteiger partial charge in [-0.1, -0.05) is 72.8 Å². The van der Waals surface area contributed by atoms with Crippen molar-refractivity contribution < 1.29 is 102 Å². The van der Waals surface area contributed by atoms with Crippen molar-refractivity contribution in [3.8, 4) is 5.75 Å². The molecule has 21 heteroatoms. The number of benzene rings is 5. The fourth-order valence-corrected chi connectivity index (χ4v) is 8.51. The molecule has 21 nitrogen and oxygen atoms in total. The highest BCUT2D eigenvalue weighted by molar-refractivity contribution is 5.92. The topological polar surface area (TPSA) is 288 Å². The fourth-order valence-electron chi connectivity index (χ4n) is 8.51. The zero-order valence-electron chi connectivity index (χ0n) is 40.2. The van der Waals surface area contributed by atoms with E-state index in [-0.39, 0.29) is 27.8 Å². The second-order valence-electron chi connectivity index (χ2n) is 17.4. The summed E-state index contributed by atoms with van der Waals surface area (Å²) in [4.78, 5) is 70.1. The van der Waals surface area contributed by atoms with Crippen LogP contribution in [0, 0.1) is 0 Å². The molecule has 5 aromatic carbocycles. The number of hydrogen-bond acceptors (Lipinski definition) is 21. The summed E-state index contributed by atoms with van der Waals surface area (Å²) in [6.45, 7) is -0.250. The molecule has 3 fully saturated rings. The number of rotatable bonds is 17. The quantitative estimate of drug-likeness (QED) is 0.0661. The molecule has 0 unspecified atom stereocenters. The first-order chi connectivity index (χ1) is 36.2. The summed E-state index contributed by atoms with van der Waals surface area (Å²) in [6, 6.07) is 36.3. The van der Waals surface area contributed by atoms with Gasteiger partial charge in [-0.3, -0.25) is 0 Å². The summed E-state index contributed by atoms with van der Waals surface area (Å²) < 4.78 is 66.6. The number of methoxy groups -OCH3 is 1. The Morgan fingerprint density at radius 2 is 0.853 bits per heavy atom. The van der Waals surface area contributed by atoms with E-state index in [0.717, 1.165) is 0 Å². The van der Waals surface area contributed by atoms with Crippen LogP contribution in [0.1, 0.15) is 58.7 Å². The lowest BCUT2D eigenvalue weighted by atomic mass is 9.95. The highest BCUT2D eigenvalue weighted by atomic mass is 16.8. The van der Waals surface area contributed by atoms with E-state index in [1.807, 2.05) is 0 Å². The normalized spacial score (nSPS) is 29.5. The summed E-state index contributed by atoms with van der Waals surface area (Å²) in [5, 5.41) is 54.5. The van der Waals surface area contributed by atoms with Crippen LogP contribution in [0.3, 0.4) is 0 Å². The van der Waals surface area contributed by atoms with Crippen molar-refractivity contribution in [2.75, 3.05) is 20.3 Å². The molecule has 3 aliphatic rings. The van der Waals surface area contributed by atoms with Gasteiger partial charge in [-0.15, -0.1) is 0 Å². The Morgan fingerprint density at radius 1 is 0.440 bits per heavy atom. The number of hydrogen-bond donors (Lipinski definition) is 5. The Kier molecular flexibility index (Phi) is 18.0. The predicted molar refractivity (Wildman–Crippen MR) is 255 cm³/mol. The van der Waals surface area contributed by atoms with E-state index in [0.29, 0.717) is 5.75 Å². The third kappa shape index (κ3) is 12.9. The summed E-state index contributed by atoms with van der Waals surface area (Å²) in [5.74, 6) is -4.50. The van der Waals surface area contributed by atoms with Crippen LogP contribution in [0.25, 0.3) is 0 Å². The molecule has 5 aromatic rings. The Morgan fingerprint density at radius 3 is 1.32 bits per heavy atom. The van der Waals surface area contributed by atoms with Gasteiger partial charge >= 0.3 is 29.8 Å². The standard InChI is InChI=1S/C54H54O21/c1-29-41(43(70-48(60)30-15-7-3-8-16-30)45(52(64)67-29)72-50(62)32-19-11-5-12-20-32)74-54-46(73-51(63)33-21-13-6-14-22-33)44(71-49(61)31-17-9-4-10-18-31)42(75-53-40(58)39(57)38(56)36(27-55)68-53)37(69-54)28-66-47(59)34-23-25-35(65-2)26-24-34/h3-26,29,36-46,52-58,64H,27-28H2,1-2H3/t29-,36-,37-,38+,39-,40-,41-,42+,43+,44+,45-,46-,52-,53+,54+/m1/s1. The van der Waals surface area contributed by atoms with E-state index in [9.17, 15) is 49.5 Å². The Bertz CT molecular complexity index is 2680. The van der Waals surface area contributed by atoms with Crippen molar-refractivity contribution in [3.05, 3.63) is 173 Å². The van der Waals surface area contributed by atoms with Gasteiger partial charge in [-0.25, -0.2) is 24.0 Å². The first-order valence-corrected chi connectivity index (χ1v) is 23.7. The predicted octanol–water partition coefficient (Wildman–Crippen LogP) is 2.79.